The lowest BCUT2D eigenvalue weighted by atomic mass is 10.1. The van der Waals surface area contributed by atoms with E-state index < -0.39 is 0 Å². The summed E-state index contributed by atoms with van der Waals surface area (Å²) in [6.45, 7) is 2.71. The summed E-state index contributed by atoms with van der Waals surface area (Å²) in [5.41, 5.74) is 0. The molecule has 2 heterocycles. The van der Waals surface area contributed by atoms with Crippen LogP contribution in [0.15, 0.2) is 0 Å². The third kappa shape index (κ3) is 2.45. The molecule has 2 aliphatic rings. The molecule has 0 aromatic carbocycles. The number of amides is 1. The van der Waals surface area contributed by atoms with E-state index in [1.165, 1.54) is 0 Å². The van der Waals surface area contributed by atoms with Gasteiger partial charge in [0.1, 0.15) is 6.10 Å². The lowest BCUT2D eigenvalue weighted by Gasteiger charge is -2.24. The van der Waals surface area contributed by atoms with Crippen LogP contribution >= 0.6 is 0 Å². The van der Waals surface area contributed by atoms with Crippen molar-refractivity contribution in [1.29, 1.82) is 0 Å². The second-order valence-electron chi connectivity index (χ2n) is 4.05. The molecular formula is C10H18N2O2. The number of hydrogen-bond donors (Lipinski definition) is 2. The fraction of sp³-hybridized carbons (Fsp3) is 0.900. The molecule has 4 heteroatoms. The largest absolute Gasteiger partial charge is 0.368 e. The van der Waals surface area contributed by atoms with Gasteiger partial charge in [0.2, 0.25) is 5.91 Å². The SMILES string of the molecule is O=C(NC1CCCNC1)[C@@H]1CCCO1. The Labute approximate surface area is 84.4 Å². The summed E-state index contributed by atoms with van der Waals surface area (Å²) in [4.78, 5) is 11.6. The van der Waals surface area contributed by atoms with Crippen LogP contribution in [0.5, 0.6) is 0 Å². The number of hydrogen-bond acceptors (Lipinski definition) is 3. The van der Waals surface area contributed by atoms with Crippen molar-refractivity contribution in [3.8, 4) is 0 Å². The van der Waals surface area contributed by atoms with Crippen molar-refractivity contribution in [2.75, 3.05) is 19.7 Å². The molecule has 2 saturated heterocycles. The average Bonchev–Trinajstić information content (AvgIpc) is 2.72. The fourth-order valence-corrected chi connectivity index (χ4v) is 2.05. The highest BCUT2D eigenvalue weighted by molar-refractivity contribution is 5.81. The van der Waals surface area contributed by atoms with Crippen LogP contribution in [-0.4, -0.2) is 37.7 Å². The fourth-order valence-electron chi connectivity index (χ4n) is 2.05. The molecule has 0 aromatic rings. The summed E-state index contributed by atoms with van der Waals surface area (Å²) >= 11 is 0. The summed E-state index contributed by atoms with van der Waals surface area (Å²) in [6, 6.07) is 0.306. The average molecular weight is 198 g/mol. The summed E-state index contributed by atoms with van der Waals surface area (Å²) < 4.78 is 5.32. The minimum Gasteiger partial charge on any atom is -0.368 e. The summed E-state index contributed by atoms with van der Waals surface area (Å²) in [6.07, 6.45) is 3.95. The first-order chi connectivity index (χ1) is 6.86. The molecular weight excluding hydrogens is 180 g/mol. The standard InChI is InChI=1S/C10H18N2O2/c13-10(9-4-2-6-14-9)12-8-3-1-5-11-7-8/h8-9,11H,1-7H2,(H,12,13)/t8?,9-/m0/s1. The van der Waals surface area contributed by atoms with Gasteiger partial charge in [-0.15, -0.1) is 0 Å². The van der Waals surface area contributed by atoms with E-state index in [2.05, 4.69) is 10.6 Å². The maximum Gasteiger partial charge on any atom is 0.249 e. The Bertz CT molecular complexity index is 196. The smallest absolute Gasteiger partial charge is 0.249 e. The molecule has 0 aliphatic carbocycles. The quantitative estimate of drug-likeness (QED) is 0.658. The first kappa shape index (κ1) is 9.93. The van der Waals surface area contributed by atoms with E-state index in [4.69, 9.17) is 4.74 Å². The molecule has 2 N–H and O–H groups in total. The summed E-state index contributed by atoms with van der Waals surface area (Å²) in [5, 5.41) is 6.31. The van der Waals surface area contributed by atoms with Crippen molar-refractivity contribution in [3.05, 3.63) is 0 Å². The van der Waals surface area contributed by atoms with E-state index >= 15 is 0 Å². The molecule has 0 radical (unpaired) electrons. The third-order valence-corrected chi connectivity index (χ3v) is 2.87. The Kier molecular flexibility index (Phi) is 3.37. The Morgan fingerprint density at radius 1 is 1.36 bits per heavy atom. The highest BCUT2D eigenvalue weighted by Gasteiger charge is 2.25. The second-order valence-corrected chi connectivity index (χ2v) is 4.05. The summed E-state index contributed by atoms with van der Waals surface area (Å²) in [5.74, 6) is 0.0798. The number of rotatable bonds is 2. The van der Waals surface area contributed by atoms with Crippen LogP contribution in [0, 0.1) is 0 Å². The van der Waals surface area contributed by atoms with Gasteiger partial charge in [-0.3, -0.25) is 4.79 Å². The van der Waals surface area contributed by atoms with E-state index in [0.29, 0.717) is 6.04 Å². The van der Waals surface area contributed by atoms with Gasteiger partial charge >= 0.3 is 0 Å². The van der Waals surface area contributed by atoms with Gasteiger partial charge in [-0.05, 0) is 32.2 Å². The van der Waals surface area contributed by atoms with Crippen LogP contribution in [0.25, 0.3) is 0 Å². The van der Waals surface area contributed by atoms with Crippen molar-refractivity contribution in [1.82, 2.24) is 10.6 Å². The van der Waals surface area contributed by atoms with E-state index in [1.54, 1.807) is 0 Å². The molecule has 80 valence electrons. The number of nitrogens with one attached hydrogen (secondary N) is 2. The van der Waals surface area contributed by atoms with Crippen molar-refractivity contribution in [3.63, 3.8) is 0 Å². The van der Waals surface area contributed by atoms with Crippen LogP contribution < -0.4 is 10.6 Å². The molecule has 0 bridgehead atoms. The normalized spacial score (nSPS) is 32.9. The van der Waals surface area contributed by atoms with E-state index in [1.807, 2.05) is 0 Å². The maximum atomic E-state index is 11.6. The second kappa shape index (κ2) is 4.75. The molecule has 1 unspecified atom stereocenters. The van der Waals surface area contributed by atoms with Crippen LogP contribution in [0.1, 0.15) is 25.7 Å². The monoisotopic (exact) mass is 198 g/mol. The topological polar surface area (TPSA) is 50.4 Å². The molecule has 0 aromatic heterocycles. The first-order valence-corrected chi connectivity index (χ1v) is 5.49. The molecule has 2 atom stereocenters. The maximum absolute atomic E-state index is 11.6. The van der Waals surface area contributed by atoms with Crippen molar-refractivity contribution >= 4 is 5.91 Å². The van der Waals surface area contributed by atoms with E-state index in [9.17, 15) is 4.79 Å². The van der Waals surface area contributed by atoms with Gasteiger partial charge in [0, 0.05) is 19.2 Å². The van der Waals surface area contributed by atoms with Gasteiger partial charge in [0.05, 0.1) is 0 Å². The molecule has 0 saturated carbocycles. The van der Waals surface area contributed by atoms with Gasteiger partial charge < -0.3 is 15.4 Å². The predicted octanol–water partition coefficient (Wildman–Crippen LogP) is 0.0336. The molecule has 14 heavy (non-hydrogen) atoms. The van der Waals surface area contributed by atoms with Gasteiger partial charge in [0.15, 0.2) is 0 Å². The summed E-state index contributed by atoms with van der Waals surface area (Å²) in [7, 11) is 0. The lowest BCUT2D eigenvalue weighted by Crippen LogP contribution is -2.48. The minimum absolute atomic E-state index is 0.0798. The number of carbonyl (C=O) groups is 1. The van der Waals surface area contributed by atoms with Crippen LogP contribution in [-0.2, 0) is 9.53 Å². The molecule has 4 nitrogen and oxygen atoms in total. The zero-order valence-electron chi connectivity index (χ0n) is 8.42. The van der Waals surface area contributed by atoms with Crippen LogP contribution in [0.4, 0.5) is 0 Å². The lowest BCUT2D eigenvalue weighted by molar-refractivity contribution is -0.130. The van der Waals surface area contributed by atoms with Gasteiger partial charge in [-0.1, -0.05) is 0 Å². The number of piperidine rings is 1. The minimum atomic E-state index is -0.183. The van der Waals surface area contributed by atoms with Crippen molar-refractivity contribution < 1.29 is 9.53 Å². The number of ether oxygens (including phenoxy) is 1. The predicted molar refractivity (Wildman–Crippen MR) is 53.0 cm³/mol. The molecule has 2 aliphatic heterocycles. The van der Waals surface area contributed by atoms with E-state index in [-0.39, 0.29) is 12.0 Å². The first-order valence-electron chi connectivity index (χ1n) is 5.49. The van der Waals surface area contributed by atoms with Crippen molar-refractivity contribution in [2.45, 2.75) is 37.8 Å². The molecule has 2 rings (SSSR count). The Morgan fingerprint density at radius 3 is 2.93 bits per heavy atom. The Balaban J connectivity index is 1.75. The van der Waals surface area contributed by atoms with E-state index in [0.717, 1.165) is 45.4 Å². The zero-order valence-corrected chi connectivity index (χ0v) is 8.42. The molecule has 1 amide bonds. The van der Waals surface area contributed by atoms with Crippen LogP contribution in [0.2, 0.25) is 0 Å². The van der Waals surface area contributed by atoms with Gasteiger partial charge in [-0.2, -0.15) is 0 Å². The van der Waals surface area contributed by atoms with Crippen molar-refractivity contribution in [2.24, 2.45) is 0 Å². The highest BCUT2D eigenvalue weighted by Crippen LogP contribution is 2.12. The van der Waals surface area contributed by atoms with Crippen LogP contribution in [0.3, 0.4) is 0 Å². The molecule has 0 spiro atoms. The number of carbonyl (C=O) groups excluding carboxylic acids is 1. The zero-order chi connectivity index (χ0) is 9.80. The van der Waals surface area contributed by atoms with Gasteiger partial charge in [-0.25, -0.2) is 0 Å². The Hall–Kier alpha value is -0.610. The third-order valence-electron chi connectivity index (χ3n) is 2.87. The van der Waals surface area contributed by atoms with Gasteiger partial charge in [0.25, 0.3) is 0 Å². The highest BCUT2D eigenvalue weighted by atomic mass is 16.5. The molecule has 2 fully saturated rings. The Morgan fingerprint density at radius 2 is 2.29 bits per heavy atom.